The summed E-state index contributed by atoms with van der Waals surface area (Å²) >= 11 is 13.0. The Bertz CT molecular complexity index is 1420. The number of anilines is 1. The summed E-state index contributed by atoms with van der Waals surface area (Å²) in [6, 6.07) is 9.35. The summed E-state index contributed by atoms with van der Waals surface area (Å²) in [5.41, 5.74) is 1.88. The van der Waals surface area contributed by atoms with E-state index in [9.17, 15) is 4.79 Å². The standard InChI is InChI=1S/C25H23Cl2N5O4/c1-13-11-16(9-10-32(13)19-8-7-15(12-28-19)24-29-25(33)36-31-24)34-23-21(30-35-22(23)14-5-6-14)20-17(26)3-2-4-18(20)27/h2-4,7-8,12-14,16H,5-6,9-11H2,1H3,(H,29,31,33)/t13-,16-/m1/s1. The second kappa shape index (κ2) is 9.29. The van der Waals surface area contributed by atoms with E-state index in [-0.39, 0.29) is 12.1 Å². The normalized spacial score (nSPS) is 20.0. The quantitative estimate of drug-likeness (QED) is 0.339. The minimum absolute atomic E-state index is 0.0207. The maximum absolute atomic E-state index is 11.2. The zero-order chi connectivity index (χ0) is 24.8. The van der Waals surface area contributed by atoms with E-state index in [1.54, 1.807) is 24.4 Å². The molecule has 2 aliphatic rings. The summed E-state index contributed by atoms with van der Waals surface area (Å²) < 4.78 is 16.9. The number of nitrogens with one attached hydrogen (secondary N) is 1. The van der Waals surface area contributed by atoms with E-state index in [2.05, 4.69) is 36.6 Å². The predicted molar refractivity (Wildman–Crippen MR) is 135 cm³/mol. The van der Waals surface area contributed by atoms with Crippen molar-refractivity contribution in [1.82, 2.24) is 20.3 Å². The van der Waals surface area contributed by atoms with Crippen LogP contribution in [-0.2, 0) is 0 Å². The van der Waals surface area contributed by atoms with Gasteiger partial charge in [-0.2, -0.15) is 0 Å². The topological polar surface area (TPSA) is 110 Å². The Morgan fingerprint density at radius 3 is 2.53 bits per heavy atom. The van der Waals surface area contributed by atoms with Gasteiger partial charge in [-0.3, -0.25) is 9.51 Å². The maximum Gasteiger partial charge on any atom is 0.439 e. The van der Waals surface area contributed by atoms with Crippen LogP contribution >= 0.6 is 23.2 Å². The van der Waals surface area contributed by atoms with E-state index in [1.165, 1.54) is 0 Å². The number of piperidine rings is 1. The molecule has 0 bridgehead atoms. The molecule has 0 unspecified atom stereocenters. The number of hydrogen-bond acceptors (Lipinski definition) is 8. The number of aromatic nitrogens is 4. The highest BCUT2D eigenvalue weighted by molar-refractivity contribution is 6.39. The SMILES string of the molecule is C[C@@H]1C[C@H](Oc2c(-c3c(Cl)cccc3Cl)noc2C2CC2)CCN1c1ccc(-c2noc(=O)[nH]2)cn1. The zero-order valence-electron chi connectivity index (χ0n) is 19.4. The second-order valence-corrected chi connectivity index (χ2v) is 10.1. The van der Waals surface area contributed by atoms with Gasteiger partial charge in [0.1, 0.15) is 11.9 Å². The summed E-state index contributed by atoms with van der Waals surface area (Å²) in [4.78, 5) is 20.6. The van der Waals surface area contributed by atoms with Gasteiger partial charge in [-0.1, -0.05) is 39.6 Å². The van der Waals surface area contributed by atoms with Crippen molar-refractivity contribution in [1.29, 1.82) is 0 Å². The Balaban J connectivity index is 1.20. The Morgan fingerprint density at radius 1 is 1.08 bits per heavy atom. The lowest BCUT2D eigenvalue weighted by molar-refractivity contribution is 0.152. The van der Waals surface area contributed by atoms with Crippen LogP contribution in [0.25, 0.3) is 22.6 Å². The van der Waals surface area contributed by atoms with E-state index < -0.39 is 5.76 Å². The summed E-state index contributed by atoms with van der Waals surface area (Å²) in [6.45, 7) is 2.92. The third-order valence-electron chi connectivity index (χ3n) is 6.69. The summed E-state index contributed by atoms with van der Waals surface area (Å²) in [5.74, 6) is 2.36. The number of benzene rings is 1. The number of pyridine rings is 1. The molecule has 0 spiro atoms. The molecule has 4 aromatic rings. The molecule has 1 saturated carbocycles. The fourth-order valence-corrected chi connectivity index (χ4v) is 5.27. The van der Waals surface area contributed by atoms with Crippen LogP contribution in [0.4, 0.5) is 5.82 Å². The van der Waals surface area contributed by atoms with Gasteiger partial charge in [-0.15, -0.1) is 0 Å². The van der Waals surface area contributed by atoms with Crippen LogP contribution in [0.15, 0.2) is 50.4 Å². The lowest BCUT2D eigenvalue weighted by Crippen LogP contribution is -2.45. The fraction of sp³-hybridized carbons (Fsp3) is 0.360. The van der Waals surface area contributed by atoms with Gasteiger partial charge in [0.15, 0.2) is 23.0 Å². The molecule has 186 valence electrons. The molecular formula is C25H23Cl2N5O4. The number of halogens is 2. The van der Waals surface area contributed by atoms with E-state index in [4.69, 9.17) is 32.5 Å². The molecule has 6 rings (SSSR count). The van der Waals surface area contributed by atoms with E-state index in [0.717, 1.165) is 43.8 Å². The first-order valence-corrected chi connectivity index (χ1v) is 12.6. The Labute approximate surface area is 216 Å². The molecule has 4 heterocycles. The molecule has 0 radical (unpaired) electrons. The van der Waals surface area contributed by atoms with Crippen LogP contribution < -0.4 is 15.4 Å². The summed E-state index contributed by atoms with van der Waals surface area (Å²) in [5, 5.41) is 9.06. The smallest absolute Gasteiger partial charge is 0.439 e. The van der Waals surface area contributed by atoms with Crippen LogP contribution in [0.2, 0.25) is 10.0 Å². The molecule has 0 amide bonds. The molecule has 9 nitrogen and oxygen atoms in total. The molecule has 1 saturated heterocycles. The van der Waals surface area contributed by atoms with Crippen molar-refractivity contribution < 1.29 is 13.8 Å². The van der Waals surface area contributed by atoms with Gasteiger partial charge < -0.3 is 14.2 Å². The van der Waals surface area contributed by atoms with Gasteiger partial charge in [0, 0.05) is 48.7 Å². The lowest BCUT2D eigenvalue weighted by Gasteiger charge is -2.38. The summed E-state index contributed by atoms with van der Waals surface area (Å²) in [6.07, 6.45) is 5.37. The molecule has 1 aliphatic carbocycles. The molecule has 1 aromatic carbocycles. The van der Waals surface area contributed by atoms with Gasteiger partial charge in [0.05, 0.1) is 10.0 Å². The number of rotatable bonds is 6. The van der Waals surface area contributed by atoms with Crippen molar-refractivity contribution in [3.8, 4) is 28.4 Å². The van der Waals surface area contributed by atoms with Crippen LogP contribution in [0.5, 0.6) is 5.75 Å². The monoisotopic (exact) mass is 527 g/mol. The first kappa shape index (κ1) is 23.1. The Kier molecular flexibility index (Phi) is 5.97. The largest absolute Gasteiger partial charge is 0.484 e. The minimum atomic E-state index is -0.595. The highest BCUT2D eigenvalue weighted by Crippen LogP contribution is 2.50. The average Bonchev–Trinajstić information content (AvgIpc) is 3.49. The van der Waals surface area contributed by atoms with Crippen molar-refractivity contribution >= 4 is 29.0 Å². The van der Waals surface area contributed by atoms with Crippen molar-refractivity contribution in [2.45, 2.75) is 50.7 Å². The average molecular weight is 528 g/mol. The first-order valence-electron chi connectivity index (χ1n) is 11.9. The first-order chi connectivity index (χ1) is 17.5. The van der Waals surface area contributed by atoms with Gasteiger partial charge in [-0.05, 0) is 44.0 Å². The highest BCUT2D eigenvalue weighted by atomic mass is 35.5. The fourth-order valence-electron chi connectivity index (χ4n) is 4.69. The third kappa shape index (κ3) is 4.37. The number of hydrogen-bond donors (Lipinski definition) is 1. The highest BCUT2D eigenvalue weighted by Gasteiger charge is 2.37. The third-order valence-corrected chi connectivity index (χ3v) is 7.32. The molecule has 2 atom stereocenters. The van der Waals surface area contributed by atoms with Crippen molar-refractivity contribution in [3.63, 3.8) is 0 Å². The molecule has 1 N–H and O–H groups in total. The van der Waals surface area contributed by atoms with Crippen LogP contribution in [0, 0.1) is 0 Å². The summed E-state index contributed by atoms with van der Waals surface area (Å²) in [7, 11) is 0. The predicted octanol–water partition coefficient (Wildman–Crippen LogP) is 5.70. The Hall–Kier alpha value is -3.30. The van der Waals surface area contributed by atoms with E-state index in [0.29, 0.717) is 44.4 Å². The molecule has 3 aromatic heterocycles. The van der Waals surface area contributed by atoms with E-state index in [1.807, 2.05) is 12.1 Å². The zero-order valence-corrected chi connectivity index (χ0v) is 20.9. The van der Waals surface area contributed by atoms with Gasteiger partial charge in [-0.25, -0.2) is 9.78 Å². The number of H-pyrrole nitrogens is 1. The van der Waals surface area contributed by atoms with Crippen LogP contribution in [0.1, 0.15) is 44.3 Å². The Morgan fingerprint density at radius 2 is 1.89 bits per heavy atom. The molecule has 36 heavy (non-hydrogen) atoms. The van der Waals surface area contributed by atoms with Crippen molar-refractivity contribution in [3.05, 3.63) is 62.9 Å². The van der Waals surface area contributed by atoms with Gasteiger partial charge in [0.25, 0.3) is 0 Å². The number of nitrogens with zero attached hydrogens (tertiary/aromatic N) is 4. The maximum atomic E-state index is 11.2. The molecular weight excluding hydrogens is 505 g/mol. The minimum Gasteiger partial charge on any atom is -0.484 e. The van der Waals surface area contributed by atoms with Gasteiger partial charge in [0.2, 0.25) is 0 Å². The number of ether oxygens (including phenoxy) is 1. The number of aromatic amines is 1. The van der Waals surface area contributed by atoms with Crippen LogP contribution in [-0.4, -0.2) is 39.0 Å². The van der Waals surface area contributed by atoms with E-state index >= 15 is 0 Å². The molecule has 2 fully saturated rings. The molecule has 1 aliphatic heterocycles. The molecule has 11 heteroatoms. The van der Waals surface area contributed by atoms with Crippen LogP contribution in [0.3, 0.4) is 0 Å². The van der Waals surface area contributed by atoms with Crippen molar-refractivity contribution in [2.24, 2.45) is 0 Å². The second-order valence-electron chi connectivity index (χ2n) is 9.25. The van der Waals surface area contributed by atoms with Crippen molar-refractivity contribution in [2.75, 3.05) is 11.4 Å². The van der Waals surface area contributed by atoms with Gasteiger partial charge >= 0.3 is 5.76 Å². The lowest BCUT2D eigenvalue weighted by atomic mass is 10.00.